The summed E-state index contributed by atoms with van der Waals surface area (Å²) in [5.41, 5.74) is 1.48. The van der Waals surface area contributed by atoms with Crippen LogP contribution in [0.1, 0.15) is 18.7 Å². The molecule has 1 aliphatic rings. The number of hydrogen-bond acceptors (Lipinski definition) is 6. The van der Waals surface area contributed by atoms with Gasteiger partial charge in [0.15, 0.2) is 11.7 Å². The lowest BCUT2D eigenvalue weighted by molar-refractivity contribution is 0.132. The van der Waals surface area contributed by atoms with Crippen molar-refractivity contribution in [3.8, 4) is 11.3 Å². The minimum absolute atomic E-state index is 0.00562. The van der Waals surface area contributed by atoms with Gasteiger partial charge in [0.1, 0.15) is 5.82 Å². The Morgan fingerprint density at radius 1 is 1.20 bits per heavy atom. The lowest BCUT2D eigenvalue weighted by Gasteiger charge is -2.32. The average molecular weight is 416 g/mol. The van der Waals surface area contributed by atoms with E-state index in [4.69, 9.17) is 4.42 Å². The number of carbonyl (C=O) groups excluding carboxylic acids is 1. The fourth-order valence-corrected chi connectivity index (χ4v) is 3.46. The van der Waals surface area contributed by atoms with Crippen LogP contribution in [0.4, 0.5) is 19.4 Å². The number of amides is 2. The number of likely N-dealkylation sites (tertiary alicyclic amines) is 1. The minimum Gasteiger partial charge on any atom is -0.441 e. The summed E-state index contributed by atoms with van der Waals surface area (Å²) in [5, 5.41) is 6.44. The molecule has 0 saturated carbocycles. The van der Waals surface area contributed by atoms with E-state index in [1.165, 1.54) is 0 Å². The number of nitrogens with one attached hydrogen (secondary N) is 2. The van der Waals surface area contributed by atoms with E-state index in [1.54, 1.807) is 36.5 Å². The van der Waals surface area contributed by atoms with Gasteiger partial charge in [0.2, 0.25) is 0 Å². The fourth-order valence-electron chi connectivity index (χ4n) is 3.46. The summed E-state index contributed by atoms with van der Waals surface area (Å²) in [7, 11) is 0. The van der Waals surface area contributed by atoms with Gasteiger partial charge in [0.05, 0.1) is 24.5 Å². The summed E-state index contributed by atoms with van der Waals surface area (Å²) >= 11 is 0. The Balaban J connectivity index is 1.40. The molecular formula is C20H22F2N6O2. The number of halogens is 2. The average Bonchev–Trinajstić information content (AvgIpc) is 3.18. The second-order valence-corrected chi connectivity index (χ2v) is 7.22. The van der Waals surface area contributed by atoms with E-state index in [2.05, 4.69) is 25.6 Å². The van der Waals surface area contributed by atoms with E-state index in [9.17, 15) is 13.6 Å². The molecule has 0 bridgehead atoms. The third kappa shape index (κ3) is 4.70. The number of urea groups is 1. The molecule has 1 aliphatic heterocycles. The Bertz CT molecular complexity index is 1030. The van der Waals surface area contributed by atoms with E-state index in [0.29, 0.717) is 48.9 Å². The van der Waals surface area contributed by atoms with Crippen LogP contribution in [0.15, 0.2) is 35.1 Å². The number of hydrogen-bond donors (Lipinski definition) is 2. The third-order valence-electron chi connectivity index (χ3n) is 5.05. The summed E-state index contributed by atoms with van der Waals surface area (Å²) in [4.78, 5) is 27.0. The number of pyridine rings is 2. The zero-order valence-corrected chi connectivity index (χ0v) is 16.4. The Morgan fingerprint density at radius 2 is 2.00 bits per heavy atom. The first-order valence-electron chi connectivity index (χ1n) is 9.74. The van der Waals surface area contributed by atoms with Crippen molar-refractivity contribution in [1.29, 1.82) is 0 Å². The highest BCUT2D eigenvalue weighted by Gasteiger charge is 2.23. The van der Waals surface area contributed by atoms with Crippen molar-refractivity contribution in [3.05, 3.63) is 36.6 Å². The molecule has 158 valence electrons. The standard InChI is InChI=1S/C20H22F2N6O2/c1-12-23-10-17(30-12)14-6-13-7-19(26-9-16(13)25-8-14)27-20(29)28-4-2-15(3-5-28)24-11-18(21)22/h6-10,15,18,24H,2-5,11H2,1H3,(H,26,27,29). The van der Waals surface area contributed by atoms with E-state index in [-0.39, 0.29) is 18.6 Å². The highest BCUT2D eigenvalue weighted by molar-refractivity contribution is 5.91. The van der Waals surface area contributed by atoms with Crippen LogP contribution >= 0.6 is 0 Å². The molecule has 0 spiro atoms. The first-order chi connectivity index (χ1) is 14.5. The van der Waals surface area contributed by atoms with Crippen molar-refractivity contribution >= 4 is 22.8 Å². The van der Waals surface area contributed by atoms with Crippen LogP contribution in [0.5, 0.6) is 0 Å². The van der Waals surface area contributed by atoms with Gasteiger partial charge < -0.3 is 14.6 Å². The van der Waals surface area contributed by atoms with E-state index >= 15 is 0 Å². The minimum atomic E-state index is -2.37. The van der Waals surface area contributed by atoms with Crippen molar-refractivity contribution in [2.45, 2.75) is 32.2 Å². The van der Waals surface area contributed by atoms with Crippen molar-refractivity contribution in [1.82, 2.24) is 25.2 Å². The van der Waals surface area contributed by atoms with Crippen LogP contribution in [0.3, 0.4) is 0 Å². The Kier molecular flexibility index (Phi) is 5.84. The largest absolute Gasteiger partial charge is 0.441 e. The van der Waals surface area contributed by atoms with Gasteiger partial charge in [0.25, 0.3) is 6.43 Å². The highest BCUT2D eigenvalue weighted by atomic mass is 19.3. The van der Waals surface area contributed by atoms with Crippen molar-refractivity contribution < 1.29 is 18.0 Å². The smallest absolute Gasteiger partial charge is 0.323 e. The maximum atomic E-state index is 12.6. The van der Waals surface area contributed by atoms with E-state index < -0.39 is 6.43 Å². The van der Waals surface area contributed by atoms with Gasteiger partial charge in [-0.1, -0.05) is 0 Å². The van der Waals surface area contributed by atoms with Crippen LogP contribution < -0.4 is 10.6 Å². The normalized spacial score (nSPS) is 15.1. The SMILES string of the molecule is Cc1ncc(-c2cnc3cnc(NC(=O)N4CCC(NCC(F)F)CC4)cc3c2)o1. The van der Waals surface area contributed by atoms with Gasteiger partial charge in [-0.3, -0.25) is 10.3 Å². The molecule has 3 aromatic rings. The number of oxazole rings is 1. The monoisotopic (exact) mass is 416 g/mol. The molecule has 1 fully saturated rings. The van der Waals surface area contributed by atoms with Crippen LogP contribution in [-0.4, -0.2) is 58.0 Å². The molecule has 8 nitrogen and oxygen atoms in total. The Hall–Kier alpha value is -3.14. The molecule has 0 atom stereocenters. The molecule has 0 aromatic carbocycles. The molecule has 2 N–H and O–H groups in total. The number of fused-ring (bicyclic) bond motifs is 1. The maximum absolute atomic E-state index is 12.6. The molecule has 0 unspecified atom stereocenters. The molecule has 30 heavy (non-hydrogen) atoms. The predicted octanol–water partition coefficient (Wildman–Crippen LogP) is 3.44. The number of nitrogens with zero attached hydrogens (tertiary/aromatic N) is 4. The zero-order valence-electron chi connectivity index (χ0n) is 16.4. The van der Waals surface area contributed by atoms with Crippen LogP contribution in [0, 0.1) is 6.92 Å². The number of carbonyl (C=O) groups is 1. The summed E-state index contributed by atoms with van der Waals surface area (Å²) in [5.74, 6) is 1.60. The molecule has 3 aromatic heterocycles. The summed E-state index contributed by atoms with van der Waals surface area (Å²) in [6, 6.07) is 3.40. The van der Waals surface area contributed by atoms with E-state index in [1.807, 2.05) is 6.07 Å². The molecule has 4 rings (SSSR count). The predicted molar refractivity (Wildman–Crippen MR) is 107 cm³/mol. The summed E-state index contributed by atoms with van der Waals surface area (Å²) in [6.07, 6.45) is 3.83. The quantitative estimate of drug-likeness (QED) is 0.662. The molecule has 4 heterocycles. The first-order valence-corrected chi connectivity index (χ1v) is 9.74. The first kappa shape index (κ1) is 20.1. The zero-order chi connectivity index (χ0) is 21.1. The maximum Gasteiger partial charge on any atom is 0.323 e. The molecular weight excluding hydrogens is 394 g/mol. The van der Waals surface area contributed by atoms with Gasteiger partial charge in [0, 0.05) is 43.2 Å². The second-order valence-electron chi connectivity index (χ2n) is 7.22. The van der Waals surface area contributed by atoms with Gasteiger partial charge >= 0.3 is 6.03 Å². The Morgan fingerprint density at radius 3 is 2.70 bits per heavy atom. The molecule has 2 amide bonds. The lowest BCUT2D eigenvalue weighted by Crippen LogP contribution is -2.47. The fraction of sp³-hybridized carbons (Fsp3) is 0.400. The van der Waals surface area contributed by atoms with Gasteiger partial charge in [-0.05, 0) is 25.0 Å². The summed E-state index contributed by atoms with van der Waals surface area (Å²) < 4.78 is 30.2. The molecule has 10 heteroatoms. The molecule has 0 radical (unpaired) electrons. The number of rotatable bonds is 5. The number of piperidine rings is 1. The van der Waals surface area contributed by atoms with E-state index in [0.717, 1.165) is 10.9 Å². The Labute approximate surface area is 171 Å². The van der Waals surface area contributed by atoms with Gasteiger partial charge in [-0.15, -0.1) is 0 Å². The number of alkyl halides is 2. The number of anilines is 1. The third-order valence-corrected chi connectivity index (χ3v) is 5.05. The molecule has 1 saturated heterocycles. The van der Waals surface area contributed by atoms with Crippen LogP contribution in [-0.2, 0) is 0 Å². The van der Waals surface area contributed by atoms with Gasteiger partial charge in [-0.2, -0.15) is 0 Å². The number of aromatic nitrogens is 3. The van der Waals surface area contributed by atoms with Crippen LogP contribution in [0.25, 0.3) is 22.2 Å². The van der Waals surface area contributed by atoms with Crippen LogP contribution in [0.2, 0.25) is 0 Å². The molecule has 0 aliphatic carbocycles. The topological polar surface area (TPSA) is 96.2 Å². The second kappa shape index (κ2) is 8.70. The lowest BCUT2D eigenvalue weighted by atomic mass is 10.1. The van der Waals surface area contributed by atoms with Crippen molar-refractivity contribution in [2.24, 2.45) is 0 Å². The summed E-state index contributed by atoms with van der Waals surface area (Å²) in [6.45, 7) is 2.45. The number of aryl methyl sites for hydroxylation is 1. The van der Waals surface area contributed by atoms with Gasteiger partial charge in [-0.25, -0.2) is 23.5 Å². The van der Waals surface area contributed by atoms with Crippen molar-refractivity contribution in [3.63, 3.8) is 0 Å². The van der Waals surface area contributed by atoms with Crippen molar-refractivity contribution in [2.75, 3.05) is 25.0 Å². The highest BCUT2D eigenvalue weighted by Crippen LogP contribution is 2.24.